The molecule has 0 bridgehead atoms. The SMILES string of the molecule is O=C1CCC2(CCN1)CCN(CCCc1ccco1)CC2. The van der Waals surface area contributed by atoms with Gasteiger partial charge >= 0.3 is 0 Å². The molecule has 0 unspecified atom stereocenters. The van der Waals surface area contributed by atoms with Crippen molar-refractivity contribution in [3.05, 3.63) is 24.2 Å². The molecule has 21 heavy (non-hydrogen) atoms. The first kappa shape index (κ1) is 14.6. The molecule has 3 rings (SSSR count). The van der Waals surface area contributed by atoms with Gasteiger partial charge in [0.05, 0.1) is 6.26 Å². The van der Waals surface area contributed by atoms with E-state index >= 15 is 0 Å². The van der Waals surface area contributed by atoms with Gasteiger partial charge in [-0.2, -0.15) is 0 Å². The number of amides is 1. The van der Waals surface area contributed by atoms with Gasteiger partial charge in [0.1, 0.15) is 5.76 Å². The van der Waals surface area contributed by atoms with E-state index in [9.17, 15) is 4.79 Å². The summed E-state index contributed by atoms with van der Waals surface area (Å²) in [4.78, 5) is 14.1. The van der Waals surface area contributed by atoms with Gasteiger partial charge in [-0.1, -0.05) is 0 Å². The molecule has 2 aliphatic heterocycles. The molecule has 1 N–H and O–H groups in total. The maximum absolute atomic E-state index is 11.5. The summed E-state index contributed by atoms with van der Waals surface area (Å²) in [5, 5.41) is 3.01. The summed E-state index contributed by atoms with van der Waals surface area (Å²) in [5.41, 5.74) is 0.427. The van der Waals surface area contributed by atoms with Crippen LogP contribution >= 0.6 is 0 Å². The third-order valence-electron chi connectivity index (χ3n) is 5.25. The minimum atomic E-state index is 0.243. The number of carbonyl (C=O) groups is 1. The van der Waals surface area contributed by atoms with Gasteiger partial charge in [0, 0.05) is 19.4 Å². The van der Waals surface area contributed by atoms with Gasteiger partial charge in [0.25, 0.3) is 0 Å². The standard InChI is InChI=1S/C17H26N2O2/c20-16-5-6-17(7-10-18-16)8-12-19(13-9-17)11-1-3-15-4-2-14-21-15/h2,4,14H,1,3,5-13H2,(H,18,20). The lowest BCUT2D eigenvalue weighted by Gasteiger charge is -2.41. The summed E-state index contributed by atoms with van der Waals surface area (Å²) in [6.45, 7) is 4.41. The van der Waals surface area contributed by atoms with Crippen LogP contribution in [0.3, 0.4) is 0 Å². The molecule has 0 radical (unpaired) electrons. The zero-order chi connectivity index (χ0) is 14.5. The van der Waals surface area contributed by atoms with Gasteiger partial charge in [-0.15, -0.1) is 0 Å². The second kappa shape index (κ2) is 6.65. The smallest absolute Gasteiger partial charge is 0.220 e. The summed E-state index contributed by atoms with van der Waals surface area (Å²) in [6.07, 6.45) is 9.43. The van der Waals surface area contributed by atoms with E-state index in [0.717, 1.165) is 38.1 Å². The predicted octanol–water partition coefficient (Wildman–Crippen LogP) is 2.59. The van der Waals surface area contributed by atoms with Crippen molar-refractivity contribution in [3.8, 4) is 0 Å². The molecular formula is C17H26N2O2. The van der Waals surface area contributed by atoms with Crippen molar-refractivity contribution < 1.29 is 9.21 Å². The Balaban J connectivity index is 1.41. The van der Waals surface area contributed by atoms with E-state index in [1.807, 2.05) is 6.07 Å². The molecule has 0 saturated carbocycles. The highest BCUT2D eigenvalue weighted by Crippen LogP contribution is 2.40. The Bertz CT molecular complexity index is 447. The number of carbonyl (C=O) groups excluding carboxylic acids is 1. The lowest BCUT2D eigenvalue weighted by Crippen LogP contribution is -2.41. The number of furan rings is 1. The molecule has 1 aromatic heterocycles. The Labute approximate surface area is 126 Å². The highest BCUT2D eigenvalue weighted by Gasteiger charge is 2.35. The second-order valence-electron chi connectivity index (χ2n) is 6.62. The highest BCUT2D eigenvalue weighted by atomic mass is 16.3. The van der Waals surface area contributed by atoms with Gasteiger partial charge in [-0.3, -0.25) is 4.79 Å². The fourth-order valence-electron chi connectivity index (χ4n) is 3.74. The maximum atomic E-state index is 11.5. The van der Waals surface area contributed by atoms with Crippen LogP contribution in [0.2, 0.25) is 0 Å². The number of likely N-dealkylation sites (tertiary alicyclic amines) is 1. The van der Waals surface area contributed by atoms with Crippen molar-refractivity contribution in [2.45, 2.75) is 44.9 Å². The Morgan fingerprint density at radius 3 is 2.86 bits per heavy atom. The lowest BCUT2D eigenvalue weighted by atomic mass is 9.73. The predicted molar refractivity (Wildman–Crippen MR) is 82.0 cm³/mol. The summed E-state index contributed by atoms with van der Waals surface area (Å²) in [6, 6.07) is 4.02. The van der Waals surface area contributed by atoms with Crippen molar-refractivity contribution in [1.29, 1.82) is 0 Å². The molecule has 0 aromatic carbocycles. The Kier molecular flexibility index (Phi) is 4.63. The first-order chi connectivity index (χ1) is 10.3. The number of nitrogens with zero attached hydrogens (tertiary/aromatic N) is 1. The van der Waals surface area contributed by atoms with E-state index in [2.05, 4.69) is 16.3 Å². The topological polar surface area (TPSA) is 45.5 Å². The molecule has 3 heterocycles. The number of aryl methyl sites for hydroxylation is 1. The van der Waals surface area contributed by atoms with Crippen LogP contribution in [0, 0.1) is 5.41 Å². The maximum Gasteiger partial charge on any atom is 0.220 e. The van der Waals surface area contributed by atoms with Crippen LogP contribution in [-0.2, 0) is 11.2 Å². The van der Waals surface area contributed by atoms with Gasteiger partial charge in [0.15, 0.2) is 0 Å². The Morgan fingerprint density at radius 2 is 2.10 bits per heavy atom. The van der Waals surface area contributed by atoms with Crippen LogP contribution in [0.15, 0.2) is 22.8 Å². The molecule has 4 heteroatoms. The molecule has 1 aromatic rings. The van der Waals surface area contributed by atoms with Gasteiger partial charge in [-0.05, 0) is 69.3 Å². The zero-order valence-electron chi connectivity index (χ0n) is 12.8. The zero-order valence-corrected chi connectivity index (χ0v) is 12.8. The van der Waals surface area contributed by atoms with E-state index in [4.69, 9.17) is 4.42 Å². The number of hydrogen-bond acceptors (Lipinski definition) is 3. The number of hydrogen-bond donors (Lipinski definition) is 1. The summed E-state index contributed by atoms with van der Waals surface area (Å²) in [7, 11) is 0. The number of rotatable bonds is 4. The summed E-state index contributed by atoms with van der Waals surface area (Å²) >= 11 is 0. The largest absolute Gasteiger partial charge is 0.469 e. The van der Waals surface area contributed by atoms with Crippen LogP contribution in [0.1, 0.15) is 44.3 Å². The average Bonchev–Trinajstić information content (AvgIpc) is 2.94. The number of piperidine rings is 1. The van der Waals surface area contributed by atoms with Crippen molar-refractivity contribution in [2.24, 2.45) is 5.41 Å². The summed E-state index contributed by atoms with van der Waals surface area (Å²) in [5.74, 6) is 1.34. The van der Waals surface area contributed by atoms with E-state index in [0.29, 0.717) is 5.41 Å². The lowest BCUT2D eigenvalue weighted by molar-refractivity contribution is -0.121. The van der Waals surface area contributed by atoms with Crippen molar-refractivity contribution in [1.82, 2.24) is 10.2 Å². The van der Waals surface area contributed by atoms with E-state index < -0.39 is 0 Å². The van der Waals surface area contributed by atoms with Crippen molar-refractivity contribution >= 4 is 5.91 Å². The molecule has 2 aliphatic rings. The fraction of sp³-hybridized carbons (Fsp3) is 0.706. The second-order valence-corrected chi connectivity index (χ2v) is 6.62. The van der Waals surface area contributed by atoms with Crippen LogP contribution < -0.4 is 5.32 Å². The third kappa shape index (κ3) is 3.88. The van der Waals surface area contributed by atoms with E-state index in [1.54, 1.807) is 6.26 Å². The van der Waals surface area contributed by atoms with Crippen LogP contribution in [0.25, 0.3) is 0 Å². The fourth-order valence-corrected chi connectivity index (χ4v) is 3.74. The van der Waals surface area contributed by atoms with Gasteiger partial charge in [-0.25, -0.2) is 0 Å². The molecule has 0 aliphatic carbocycles. The molecule has 0 atom stereocenters. The number of nitrogens with one attached hydrogen (secondary N) is 1. The first-order valence-corrected chi connectivity index (χ1v) is 8.27. The minimum Gasteiger partial charge on any atom is -0.469 e. The molecule has 1 spiro atoms. The van der Waals surface area contributed by atoms with Crippen LogP contribution in [0.4, 0.5) is 0 Å². The molecule has 2 fully saturated rings. The quantitative estimate of drug-likeness (QED) is 0.927. The monoisotopic (exact) mass is 290 g/mol. The molecular weight excluding hydrogens is 264 g/mol. The van der Waals surface area contributed by atoms with Crippen molar-refractivity contribution in [2.75, 3.05) is 26.2 Å². The van der Waals surface area contributed by atoms with Gasteiger partial charge in [0.2, 0.25) is 5.91 Å². The third-order valence-corrected chi connectivity index (χ3v) is 5.25. The van der Waals surface area contributed by atoms with E-state index in [1.165, 1.54) is 38.8 Å². The molecule has 2 saturated heterocycles. The molecule has 116 valence electrons. The first-order valence-electron chi connectivity index (χ1n) is 8.27. The van der Waals surface area contributed by atoms with Gasteiger partial charge < -0.3 is 14.6 Å². The normalized spacial score (nSPS) is 23.0. The Morgan fingerprint density at radius 1 is 1.24 bits per heavy atom. The average molecular weight is 290 g/mol. The summed E-state index contributed by atoms with van der Waals surface area (Å²) < 4.78 is 5.38. The van der Waals surface area contributed by atoms with Crippen molar-refractivity contribution in [3.63, 3.8) is 0 Å². The Hall–Kier alpha value is -1.29. The highest BCUT2D eigenvalue weighted by molar-refractivity contribution is 5.76. The van der Waals surface area contributed by atoms with E-state index in [-0.39, 0.29) is 5.91 Å². The van der Waals surface area contributed by atoms with Crippen LogP contribution in [0.5, 0.6) is 0 Å². The minimum absolute atomic E-state index is 0.243. The molecule has 4 nitrogen and oxygen atoms in total. The van der Waals surface area contributed by atoms with Crippen LogP contribution in [-0.4, -0.2) is 37.0 Å². The molecule has 1 amide bonds.